The van der Waals surface area contributed by atoms with Crippen LogP contribution < -0.4 is 24.6 Å². The molecule has 0 saturated carbocycles. The standard InChI is InChI=1S/C48H42NO6P/c1-48(2,3)33-22-19-31(20-23-33)17-18-32-21-24-40-39(25-32)45-46(49(40)34-11-5-4-6-12-34)42(53-29-35-27-51-35)26-44(47(45)54-30-36-28-52-36)56(50)43-16-10-8-14-38(43)37-13-7-9-15-41(37)55-56/h4-26,35-36H,27-30H2,1-3H3/b18-17+. The van der Waals surface area contributed by atoms with Gasteiger partial charge >= 0.3 is 7.37 Å². The minimum Gasteiger partial charge on any atom is -0.489 e. The highest BCUT2D eigenvalue weighted by atomic mass is 31.2. The topological polar surface area (TPSA) is 74.8 Å². The third-order valence-electron chi connectivity index (χ3n) is 10.8. The summed E-state index contributed by atoms with van der Waals surface area (Å²) >= 11 is 0. The van der Waals surface area contributed by atoms with E-state index in [2.05, 4.69) is 92.1 Å². The molecule has 7 nitrogen and oxygen atoms in total. The summed E-state index contributed by atoms with van der Waals surface area (Å²) in [6.07, 6.45) is 4.23. The number of benzene rings is 6. The van der Waals surface area contributed by atoms with Gasteiger partial charge in [0.1, 0.15) is 48.2 Å². The Morgan fingerprint density at radius 1 is 0.714 bits per heavy atom. The van der Waals surface area contributed by atoms with Gasteiger partial charge in [0.05, 0.1) is 34.7 Å². The second-order valence-electron chi connectivity index (χ2n) is 15.8. The lowest BCUT2D eigenvalue weighted by atomic mass is 9.87. The van der Waals surface area contributed by atoms with Crippen molar-refractivity contribution in [2.45, 2.75) is 38.4 Å². The van der Waals surface area contributed by atoms with Gasteiger partial charge < -0.3 is 28.0 Å². The van der Waals surface area contributed by atoms with Crippen molar-refractivity contribution in [2.24, 2.45) is 0 Å². The van der Waals surface area contributed by atoms with Gasteiger partial charge in [0.15, 0.2) is 0 Å². The maximum Gasteiger partial charge on any atom is 0.311 e. The van der Waals surface area contributed by atoms with Crippen LogP contribution in [0.3, 0.4) is 0 Å². The van der Waals surface area contributed by atoms with E-state index >= 15 is 4.57 Å². The summed E-state index contributed by atoms with van der Waals surface area (Å²) in [7, 11) is -3.85. The summed E-state index contributed by atoms with van der Waals surface area (Å²) in [5, 5.41) is 2.81. The lowest BCUT2D eigenvalue weighted by Gasteiger charge is -2.30. The van der Waals surface area contributed by atoms with E-state index in [9.17, 15) is 0 Å². The summed E-state index contributed by atoms with van der Waals surface area (Å²) in [4.78, 5) is 0. The maximum atomic E-state index is 16.0. The van der Waals surface area contributed by atoms with E-state index in [0.29, 0.717) is 54.3 Å². The fourth-order valence-electron chi connectivity index (χ4n) is 7.65. The Morgan fingerprint density at radius 2 is 1.36 bits per heavy atom. The van der Waals surface area contributed by atoms with Crippen LogP contribution in [0.1, 0.15) is 37.5 Å². The van der Waals surface area contributed by atoms with Crippen molar-refractivity contribution >= 4 is 51.9 Å². The van der Waals surface area contributed by atoms with Crippen molar-refractivity contribution in [1.82, 2.24) is 4.57 Å². The Kier molecular flexibility index (Phi) is 8.44. The van der Waals surface area contributed by atoms with Gasteiger partial charge in [0, 0.05) is 22.7 Å². The summed E-state index contributed by atoms with van der Waals surface area (Å²) in [6.45, 7) is 8.59. The predicted molar refractivity (Wildman–Crippen MR) is 225 cm³/mol. The molecular formula is C48H42NO6P. The SMILES string of the molecule is CC(C)(C)c1ccc(/C=C/c2ccc3c(c2)c2c(OCC4CO4)c(P4(=O)Oc5ccccc5-c5ccccc54)cc(OCC4CO4)c2n3-c2ccccc2)cc1. The van der Waals surface area contributed by atoms with Crippen LogP contribution in [-0.2, 0) is 19.5 Å². The zero-order chi connectivity index (χ0) is 38.0. The number of fused-ring (bicyclic) bond motifs is 6. The molecule has 7 aromatic rings. The smallest absolute Gasteiger partial charge is 0.311 e. The molecule has 3 unspecified atom stereocenters. The Labute approximate surface area is 326 Å². The van der Waals surface area contributed by atoms with Gasteiger partial charge in [-0.05, 0) is 64.1 Å². The van der Waals surface area contributed by atoms with E-state index in [1.54, 1.807) is 0 Å². The van der Waals surface area contributed by atoms with Crippen LogP contribution in [0.25, 0.3) is 50.8 Å². The molecule has 0 amide bonds. The van der Waals surface area contributed by atoms with Crippen LogP contribution in [0, 0.1) is 0 Å². The zero-order valence-corrected chi connectivity index (χ0v) is 32.5. The first-order chi connectivity index (χ1) is 27.2. The Hall–Kier alpha value is -5.59. The molecule has 4 heterocycles. The fraction of sp³-hybridized carbons (Fsp3) is 0.208. The summed E-state index contributed by atoms with van der Waals surface area (Å²) < 4.78 is 49.8. The van der Waals surface area contributed by atoms with Gasteiger partial charge in [0.25, 0.3) is 0 Å². The molecule has 0 bridgehead atoms. The molecule has 3 atom stereocenters. The van der Waals surface area contributed by atoms with Crippen molar-refractivity contribution in [2.75, 3.05) is 26.4 Å². The molecule has 280 valence electrons. The van der Waals surface area contributed by atoms with E-state index in [-0.39, 0.29) is 17.6 Å². The summed E-state index contributed by atoms with van der Waals surface area (Å²) in [6, 6.07) is 42.9. The molecule has 0 radical (unpaired) electrons. The minimum atomic E-state index is -3.85. The van der Waals surface area contributed by atoms with Crippen molar-refractivity contribution in [3.63, 3.8) is 0 Å². The molecule has 0 N–H and O–H groups in total. The van der Waals surface area contributed by atoms with E-state index in [0.717, 1.165) is 49.7 Å². The number of epoxide rings is 2. The van der Waals surface area contributed by atoms with E-state index in [1.165, 1.54) is 5.56 Å². The lowest BCUT2D eigenvalue weighted by molar-refractivity contribution is 0.262. The van der Waals surface area contributed by atoms with Crippen molar-refractivity contribution in [1.29, 1.82) is 0 Å². The Bertz CT molecular complexity index is 2700. The summed E-state index contributed by atoms with van der Waals surface area (Å²) in [5.74, 6) is 1.64. The highest BCUT2D eigenvalue weighted by Crippen LogP contribution is 2.57. The Balaban J connectivity index is 1.24. The molecule has 8 heteroatoms. The van der Waals surface area contributed by atoms with Crippen molar-refractivity contribution in [3.05, 3.63) is 144 Å². The first-order valence-electron chi connectivity index (χ1n) is 19.2. The highest BCUT2D eigenvalue weighted by Gasteiger charge is 2.43. The molecule has 2 fully saturated rings. The van der Waals surface area contributed by atoms with Gasteiger partial charge in [-0.15, -0.1) is 0 Å². The first-order valence-corrected chi connectivity index (χ1v) is 20.8. The molecule has 3 aliphatic heterocycles. The number of rotatable bonds is 10. The van der Waals surface area contributed by atoms with Crippen LogP contribution in [0.2, 0.25) is 0 Å². The van der Waals surface area contributed by atoms with E-state index < -0.39 is 7.37 Å². The molecular weight excluding hydrogens is 718 g/mol. The van der Waals surface area contributed by atoms with Crippen LogP contribution in [0.4, 0.5) is 0 Å². The normalized spacial score (nSPS) is 19.8. The number of hydrogen-bond donors (Lipinski definition) is 0. The molecule has 3 aliphatic rings. The summed E-state index contributed by atoms with van der Waals surface area (Å²) in [5.41, 5.74) is 8.02. The van der Waals surface area contributed by atoms with E-state index in [4.69, 9.17) is 23.5 Å². The second kappa shape index (κ2) is 13.6. The monoisotopic (exact) mass is 759 g/mol. The predicted octanol–water partition coefficient (Wildman–Crippen LogP) is 10.1. The van der Waals surface area contributed by atoms with Crippen LogP contribution in [0.5, 0.6) is 17.2 Å². The van der Waals surface area contributed by atoms with Gasteiger partial charge in [0.2, 0.25) is 0 Å². The molecule has 0 spiro atoms. The van der Waals surface area contributed by atoms with Gasteiger partial charge in [-0.1, -0.05) is 118 Å². The third kappa shape index (κ3) is 6.30. The quantitative estimate of drug-likeness (QED) is 0.0786. The third-order valence-corrected chi connectivity index (χ3v) is 13.2. The van der Waals surface area contributed by atoms with Gasteiger partial charge in [-0.2, -0.15) is 0 Å². The fourth-order valence-corrected chi connectivity index (χ4v) is 10.1. The minimum absolute atomic E-state index is 0.00487. The van der Waals surface area contributed by atoms with Crippen LogP contribution in [-0.4, -0.2) is 43.2 Å². The van der Waals surface area contributed by atoms with Crippen LogP contribution >= 0.6 is 7.37 Å². The molecule has 1 aromatic heterocycles. The van der Waals surface area contributed by atoms with Crippen molar-refractivity contribution in [3.8, 4) is 34.1 Å². The second-order valence-corrected chi connectivity index (χ2v) is 18.0. The maximum absolute atomic E-state index is 16.0. The van der Waals surface area contributed by atoms with E-state index in [1.807, 2.05) is 72.8 Å². The zero-order valence-electron chi connectivity index (χ0n) is 31.6. The number of ether oxygens (including phenoxy) is 4. The number of aromatic nitrogens is 1. The molecule has 6 aromatic carbocycles. The number of para-hydroxylation sites is 2. The molecule has 0 aliphatic carbocycles. The van der Waals surface area contributed by atoms with Crippen LogP contribution in [0.15, 0.2) is 127 Å². The molecule has 2 saturated heterocycles. The average Bonchev–Trinajstić information content (AvgIpc) is 4.17. The first kappa shape index (κ1) is 34.9. The van der Waals surface area contributed by atoms with Crippen molar-refractivity contribution < 1.29 is 28.0 Å². The molecule has 56 heavy (non-hydrogen) atoms. The number of nitrogens with zero attached hydrogens (tertiary/aromatic N) is 1. The highest BCUT2D eigenvalue weighted by molar-refractivity contribution is 7.75. The van der Waals surface area contributed by atoms with Gasteiger partial charge in [-0.25, -0.2) is 0 Å². The molecule has 10 rings (SSSR count). The number of hydrogen-bond acceptors (Lipinski definition) is 6. The average molecular weight is 760 g/mol. The van der Waals surface area contributed by atoms with Gasteiger partial charge in [-0.3, -0.25) is 4.57 Å². The largest absolute Gasteiger partial charge is 0.489 e. The lowest BCUT2D eigenvalue weighted by Crippen LogP contribution is -2.27. The Morgan fingerprint density at radius 3 is 2.09 bits per heavy atom.